The number of nitrogens with zero attached hydrogens (tertiary/aromatic N) is 3. The lowest BCUT2D eigenvalue weighted by atomic mass is 9.57. The van der Waals surface area contributed by atoms with Gasteiger partial charge in [-0.15, -0.1) is 0 Å². The number of carbonyl (C=O) groups is 3. The number of aliphatic hydroxyl groups excluding tert-OH is 2. The fraction of sp³-hybridized carbons (Fsp3) is 0.629. The number of phenols is 1. The summed E-state index contributed by atoms with van der Waals surface area (Å²) in [6.45, 7) is 7.75. The van der Waals surface area contributed by atoms with Crippen molar-refractivity contribution in [2.24, 2.45) is 34.3 Å². The summed E-state index contributed by atoms with van der Waals surface area (Å²) in [4.78, 5) is 45.7. The topological polar surface area (TPSA) is 168 Å². The van der Waals surface area contributed by atoms with Crippen LogP contribution in [0.25, 0.3) is 5.76 Å². The number of fused-ring (bicyclic) bond motifs is 5. The lowest BCUT2D eigenvalue weighted by Crippen LogP contribution is -2.65. The molecule has 7 atom stereocenters. The number of anilines is 1. The predicted octanol–water partition coefficient (Wildman–Crippen LogP) is 2.68. The van der Waals surface area contributed by atoms with Crippen LogP contribution in [-0.4, -0.2) is 101 Å². The lowest BCUT2D eigenvalue weighted by molar-refractivity contribution is -0.153. The average Bonchev–Trinajstić information content (AvgIpc) is 3.28. The molecule has 6 N–H and O–H groups in total. The zero-order chi connectivity index (χ0) is 34.0. The molecule has 0 spiro atoms. The molecule has 11 nitrogen and oxygen atoms in total. The van der Waals surface area contributed by atoms with Crippen LogP contribution in [-0.2, 0) is 27.3 Å². The van der Waals surface area contributed by atoms with Gasteiger partial charge < -0.3 is 31.1 Å². The van der Waals surface area contributed by atoms with E-state index >= 15 is 0 Å². The summed E-state index contributed by atoms with van der Waals surface area (Å²) >= 11 is 0. The molecule has 0 heterocycles. The number of aromatic hydroxyl groups is 1. The Labute approximate surface area is 270 Å². The SMILES string of the molecule is CN(C)c1c(CN(C)[C@H]2CC3CCC2(C)C3(C)C)cc(O)c2c1C[C@H]1C[C@H]3[C@H](N(C)C)C(=O)C(C(N)=O)=C(O)[C@@]3(O)C(=O)C1=C2O. The third-order valence-corrected chi connectivity index (χ3v) is 12.9. The van der Waals surface area contributed by atoms with Gasteiger partial charge in [-0.1, -0.05) is 20.8 Å². The van der Waals surface area contributed by atoms with E-state index in [-0.39, 0.29) is 40.6 Å². The third-order valence-electron chi connectivity index (χ3n) is 12.9. The fourth-order valence-electron chi connectivity index (χ4n) is 10.3. The van der Waals surface area contributed by atoms with Gasteiger partial charge in [0.15, 0.2) is 11.4 Å². The Bertz CT molecular complexity index is 1630. The summed E-state index contributed by atoms with van der Waals surface area (Å²) in [5.41, 5.74) is 4.75. The minimum Gasteiger partial charge on any atom is -0.508 e. The second-order valence-electron chi connectivity index (χ2n) is 15.7. The smallest absolute Gasteiger partial charge is 0.255 e. The maximum absolute atomic E-state index is 14.2. The molecule has 0 saturated heterocycles. The van der Waals surface area contributed by atoms with E-state index < -0.39 is 58.0 Å². The molecular formula is C35H48N4O7. The summed E-state index contributed by atoms with van der Waals surface area (Å²) in [7, 11) is 9.15. The maximum Gasteiger partial charge on any atom is 0.255 e. The van der Waals surface area contributed by atoms with Crippen LogP contribution in [0.3, 0.4) is 0 Å². The summed E-state index contributed by atoms with van der Waals surface area (Å²) < 4.78 is 0. The molecule has 11 heteroatoms. The van der Waals surface area contributed by atoms with Crippen molar-refractivity contribution in [2.45, 2.75) is 77.1 Å². The van der Waals surface area contributed by atoms with Crippen LogP contribution in [0.15, 0.2) is 23.0 Å². The quantitative estimate of drug-likeness (QED) is 0.293. The van der Waals surface area contributed by atoms with Crippen molar-refractivity contribution in [1.82, 2.24) is 9.80 Å². The molecule has 0 aromatic heterocycles. The number of amides is 1. The number of benzene rings is 1. The average molecular weight is 637 g/mol. The molecule has 5 aliphatic carbocycles. The zero-order valence-electron chi connectivity index (χ0n) is 28.1. The monoisotopic (exact) mass is 636 g/mol. The summed E-state index contributed by atoms with van der Waals surface area (Å²) in [5.74, 6) is -5.83. The van der Waals surface area contributed by atoms with Gasteiger partial charge in [0.25, 0.3) is 5.91 Å². The predicted molar refractivity (Wildman–Crippen MR) is 173 cm³/mol. The van der Waals surface area contributed by atoms with E-state index in [1.807, 2.05) is 19.0 Å². The van der Waals surface area contributed by atoms with Crippen molar-refractivity contribution in [3.05, 3.63) is 39.7 Å². The highest BCUT2D eigenvalue weighted by molar-refractivity contribution is 6.24. The molecule has 2 bridgehead atoms. The first-order valence-electron chi connectivity index (χ1n) is 16.2. The van der Waals surface area contributed by atoms with E-state index in [4.69, 9.17) is 5.73 Å². The van der Waals surface area contributed by atoms with Gasteiger partial charge >= 0.3 is 0 Å². The Morgan fingerprint density at radius 1 is 1.04 bits per heavy atom. The minimum absolute atomic E-state index is 0.0560. The van der Waals surface area contributed by atoms with E-state index in [9.17, 15) is 34.8 Å². The number of hydrogen-bond donors (Lipinski definition) is 5. The standard InChI is InChI=1S/C35H48N4O7/c1-33(2)18-9-10-34(33,3)22(14-18)39(8)15-17-13-21(40)24-19(26(17)37(4)5)11-16-12-20-27(38(6)7)29(42)25(32(36)45)31(44)35(20,46)30(43)23(16)28(24)41/h13,16,18,20,22,27,40-41,44,46H,9-12,14-15H2,1-8H3,(H2,36,45)/t16-,18?,20-,22-,27-,34?,35-/m0/s1. The third kappa shape index (κ3) is 4.03. The van der Waals surface area contributed by atoms with Gasteiger partial charge in [0.05, 0.1) is 11.6 Å². The molecule has 250 valence electrons. The number of likely N-dealkylation sites (N-methyl/N-ethyl adjacent to an activating group) is 1. The summed E-state index contributed by atoms with van der Waals surface area (Å²) in [6, 6.07) is 0.907. The Kier molecular flexibility index (Phi) is 7.28. The van der Waals surface area contributed by atoms with Crippen LogP contribution >= 0.6 is 0 Å². The van der Waals surface area contributed by atoms with Crippen LogP contribution in [0, 0.1) is 28.6 Å². The Morgan fingerprint density at radius 2 is 1.70 bits per heavy atom. The number of aliphatic hydroxyl groups is 3. The highest BCUT2D eigenvalue weighted by Gasteiger charge is 2.65. The molecule has 0 radical (unpaired) electrons. The fourth-order valence-corrected chi connectivity index (χ4v) is 10.3. The summed E-state index contributed by atoms with van der Waals surface area (Å²) in [5, 5.41) is 46.1. The largest absolute Gasteiger partial charge is 0.508 e. The van der Waals surface area contributed by atoms with Gasteiger partial charge in [0.2, 0.25) is 5.78 Å². The van der Waals surface area contributed by atoms with Gasteiger partial charge in [-0.25, -0.2) is 0 Å². The zero-order valence-corrected chi connectivity index (χ0v) is 28.1. The Balaban J connectivity index is 1.45. The maximum atomic E-state index is 14.2. The van der Waals surface area contributed by atoms with E-state index in [0.717, 1.165) is 17.7 Å². The molecule has 0 aliphatic heterocycles. The minimum atomic E-state index is -2.66. The van der Waals surface area contributed by atoms with Gasteiger partial charge in [-0.2, -0.15) is 0 Å². The molecule has 1 aromatic carbocycles. The molecule has 6 rings (SSSR count). The highest BCUT2D eigenvalue weighted by atomic mass is 16.3. The molecule has 2 unspecified atom stereocenters. The molecule has 46 heavy (non-hydrogen) atoms. The number of phenolic OH excluding ortho intramolecular Hbond substituents is 1. The van der Waals surface area contributed by atoms with Crippen LogP contribution in [0.1, 0.15) is 63.1 Å². The number of nitrogens with two attached hydrogens (primary N) is 1. The first kappa shape index (κ1) is 32.5. The summed E-state index contributed by atoms with van der Waals surface area (Å²) in [6.07, 6.45) is 3.87. The van der Waals surface area contributed by atoms with Gasteiger partial charge in [-0.3, -0.25) is 24.2 Å². The van der Waals surface area contributed by atoms with Gasteiger partial charge in [0.1, 0.15) is 22.8 Å². The first-order chi connectivity index (χ1) is 21.3. The van der Waals surface area contributed by atoms with E-state index in [1.165, 1.54) is 17.7 Å². The van der Waals surface area contributed by atoms with Crippen molar-refractivity contribution in [3.63, 3.8) is 0 Å². The number of ketones is 2. The van der Waals surface area contributed by atoms with Crippen molar-refractivity contribution in [2.75, 3.05) is 40.1 Å². The number of Topliss-reactive ketones (excluding diaryl/α,β-unsaturated/α-hetero) is 2. The second kappa shape index (κ2) is 10.3. The number of rotatable bonds is 6. The molecule has 1 aromatic rings. The van der Waals surface area contributed by atoms with Gasteiger partial charge in [0, 0.05) is 43.9 Å². The molecular weight excluding hydrogens is 588 g/mol. The molecule has 3 saturated carbocycles. The van der Waals surface area contributed by atoms with Crippen LogP contribution in [0.4, 0.5) is 5.69 Å². The van der Waals surface area contributed by atoms with Crippen molar-refractivity contribution < 1.29 is 34.8 Å². The van der Waals surface area contributed by atoms with E-state index in [1.54, 1.807) is 20.2 Å². The van der Waals surface area contributed by atoms with Crippen LogP contribution in [0.5, 0.6) is 5.75 Å². The Hall–Kier alpha value is -3.41. The molecule has 5 aliphatic rings. The van der Waals surface area contributed by atoms with Crippen LogP contribution in [0.2, 0.25) is 0 Å². The lowest BCUT2D eigenvalue weighted by Gasteiger charge is -2.50. The Morgan fingerprint density at radius 3 is 2.22 bits per heavy atom. The van der Waals surface area contributed by atoms with Crippen LogP contribution < -0.4 is 10.6 Å². The first-order valence-corrected chi connectivity index (χ1v) is 16.2. The number of hydrogen-bond acceptors (Lipinski definition) is 10. The van der Waals surface area contributed by atoms with Crippen molar-refractivity contribution in [3.8, 4) is 5.75 Å². The van der Waals surface area contributed by atoms with Crippen molar-refractivity contribution in [1.29, 1.82) is 0 Å². The molecule has 1 amide bonds. The van der Waals surface area contributed by atoms with E-state index in [2.05, 4.69) is 32.7 Å². The van der Waals surface area contributed by atoms with Crippen molar-refractivity contribution >= 4 is 28.9 Å². The molecule has 3 fully saturated rings. The van der Waals surface area contributed by atoms with E-state index in [0.29, 0.717) is 24.1 Å². The van der Waals surface area contributed by atoms with Gasteiger partial charge in [-0.05, 0) is 93.1 Å². The number of primary amides is 1. The highest BCUT2D eigenvalue weighted by Crippen LogP contribution is 2.66. The second-order valence-corrected chi connectivity index (χ2v) is 15.7. The number of carbonyl (C=O) groups excluding carboxylic acids is 3. The normalized spacial score (nSPS) is 34.7.